The number of fused-ring (bicyclic) bond motifs is 1. The molecule has 9 heteroatoms. The summed E-state index contributed by atoms with van der Waals surface area (Å²) in [5, 5.41) is 8.75. The number of amides is 2. The molecular formula is C20H29N5O4. The number of hydrogen-bond acceptors (Lipinski definition) is 6. The Morgan fingerprint density at radius 1 is 1.14 bits per heavy atom. The van der Waals surface area contributed by atoms with E-state index in [0.717, 1.165) is 63.0 Å². The second kappa shape index (κ2) is 8.62. The third kappa shape index (κ3) is 4.51. The Hall–Kier alpha value is -2.26. The summed E-state index contributed by atoms with van der Waals surface area (Å²) in [5.41, 5.74) is 2.05. The average Bonchev–Trinajstić information content (AvgIpc) is 3.00. The largest absolute Gasteiger partial charge is 0.480 e. The van der Waals surface area contributed by atoms with Crippen molar-refractivity contribution in [3.05, 3.63) is 17.6 Å². The number of nitrogens with zero attached hydrogens (tertiary/aromatic N) is 5. The minimum absolute atomic E-state index is 0.0000978. The molecule has 2 aliphatic heterocycles. The maximum atomic E-state index is 13.1. The minimum atomic E-state index is -0.939. The summed E-state index contributed by atoms with van der Waals surface area (Å²) in [6.07, 6.45) is 6.72. The molecule has 3 heterocycles. The molecule has 2 fully saturated rings. The fourth-order valence-corrected chi connectivity index (χ4v) is 4.50. The summed E-state index contributed by atoms with van der Waals surface area (Å²) < 4.78 is 5.41. The number of aliphatic carboxylic acids is 1. The predicted molar refractivity (Wildman–Crippen MR) is 106 cm³/mol. The van der Waals surface area contributed by atoms with Gasteiger partial charge in [0.25, 0.3) is 0 Å². The summed E-state index contributed by atoms with van der Waals surface area (Å²) in [6, 6.07) is 0.180. The monoisotopic (exact) mass is 403 g/mol. The molecule has 0 unspecified atom stereocenters. The van der Waals surface area contributed by atoms with Gasteiger partial charge in [-0.2, -0.15) is 0 Å². The summed E-state index contributed by atoms with van der Waals surface area (Å²) in [4.78, 5) is 39.1. The fourth-order valence-electron chi connectivity index (χ4n) is 4.50. The summed E-state index contributed by atoms with van der Waals surface area (Å²) in [5.74, 6) is -0.287. The zero-order chi connectivity index (χ0) is 20.4. The van der Waals surface area contributed by atoms with Gasteiger partial charge in [-0.1, -0.05) is 0 Å². The van der Waals surface area contributed by atoms with E-state index in [0.29, 0.717) is 18.9 Å². The van der Waals surface area contributed by atoms with Gasteiger partial charge in [0.2, 0.25) is 0 Å². The molecule has 0 radical (unpaired) electrons. The Balaban J connectivity index is 1.37. The van der Waals surface area contributed by atoms with Crippen molar-refractivity contribution in [3.8, 4) is 0 Å². The van der Waals surface area contributed by atoms with Crippen LogP contribution in [-0.2, 0) is 22.4 Å². The van der Waals surface area contributed by atoms with Crippen LogP contribution in [0.4, 0.5) is 10.6 Å². The topological polar surface area (TPSA) is 99.1 Å². The SMILES string of the molecule is CN1CCc2ncc(N3CCN(C4CCC(OCC(=O)O)CC4)C3=O)nc2CC1. The molecule has 3 aliphatic rings. The molecule has 1 N–H and O–H groups in total. The normalized spacial score (nSPS) is 25.8. The quantitative estimate of drug-likeness (QED) is 0.788. The molecule has 1 saturated carbocycles. The lowest BCUT2D eigenvalue weighted by molar-refractivity contribution is -0.145. The van der Waals surface area contributed by atoms with Crippen molar-refractivity contribution in [1.82, 2.24) is 19.8 Å². The summed E-state index contributed by atoms with van der Waals surface area (Å²) in [6.45, 7) is 3.00. The Bertz CT molecular complexity index is 765. The van der Waals surface area contributed by atoms with Gasteiger partial charge >= 0.3 is 12.0 Å². The average molecular weight is 403 g/mol. The molecule has 0 bridgehead atoms. The van der Waals surface area contributed by atoms with Gasteiger partial charge in [-0.15, -0.1) is 0 Å². The van der Waals surface area contributed by atoms with Gasteiger partial charge < -0.3 is 19.6 Å². The van der Waals surface area contributed by atoms with E-state index in [2.05, 4.69) is 16.9 Å². The number of carbonyl (C=O) groups is 2. The molecule has 0 aromatic carbocycles. The van der Waals surface area contributed by atoms with E-state index in [1.54, 1.807) is 11.1 Å². The third-order valence-electron chi connectivity index (χ3n) is 6.22. The first-order valence-corrected chi connectivity index (χ1v) is 10.5. The van der Waals surface area contributed by atoms with E-state index in [4.69, 9.17) is 14.8 Å². The van der Waals surface area contributed by atoms with Crippen molar-refractivity contribution in [2.24, 2.45) is 0 Å². The second-order valence-corrected chi connectivity index (χ2v) is 8.19. The molecule has 4 rings (SSSR count). The van der Waals surface area contributed by atoms with Crippen molar-refractivity contribution >= 4 is 17.8 Å². The molecule has 1 aromatic heterocycles. The third-order valence-corrected chi connectivity index (χ3v) is 6.22. The van der Waals surface area contributed by atoms with Crippen LogP contribution in [0.5, 0.6) is 0 Å². The van der Waals surface area contributed by atoms with Crippen molar-refractivity contribution in [2.75, 3.05) is 44.7 Å². The highest BCUT2D eigenvalue weighted by Gasteiger charge is 2.37. The van der Waals surface area contributed by atoms with Crippen molar-refractivity contribution < 1.29 is 19.4 Å². The van der Waals surface area contributed by atoms with Crippen LogP contribution in [0, 0.1) is 0 Å². The molecule has 0 atom stereocenters. The number of likely N-dealkylation sites (N-methyl/N-ethyl adjacent to an activating group) is 1. The fraction of sp³-hybridized carbons (Fsp3) is 0.700. The van der Waals surface area contributed by atoms with Gasteiger partial charge in [-0.05, 0) is 32.7 Å². The van der Waals surface area contributed by atoms with Gasteiger partial charge in [-0.25, -0.2) is 14.6 Å². The Kier molecular flexibility index (Phi) is 5.96. The first-order chi connectivity index (χ1) is 14.0. The van der Waals surface area contributed by atoms with E-state index in [1.165, 1.54) is 0 Å². The van der Waals surface area contributed by atoms with Gasteiger partial charge in [0.15, 0.2) is 5.82 Å². The van der Waals surface area contributed by atoms with E-state index >= 15 is 0 Å². The molecule has 158 valence electrons. The molecule has 9 nitrogen and oxygen atoms in total. The molecular weight excluding hydrogens is 374 g/mol. The number of urea groups is 1. The summed E-state index contributed by atoms with van der Waals surface area (Å²) >= 11 is 0. The van der Waals surface area contributed by atoms with Gasteiger partial charge in [0.1, 0.15) is 6.61 Å². The zero-order valence-corrected chi connectivity index (χ0v) is 16.9. The second-order valence-electron chi connectivity index (χ2n) is 8.19. The van der Waals surface area contributed by atoms with Crippen LogP contribution in [0.3, 0.4) is 0 Å². The predicted octanol–water partition coefficient (Wildman–Crippen LogP) is 1.16. The van der Waals surface area contributed by atoms with E-state index in [9.17, 15) is 9.59 Å². The number of carboxylic acid groups (broad SMARTS) is 1. The molecule has 29 heavy (non-hydrogen) atoms. The van der Waals surface area contributed by atoms with Crippen molar-refractivity contribution in [1.29, 1.82) is 0 Å². The lowest BCUT2D eigenvalue weighted by Gasteiger charge is -2.34. The van der Waals surface area contributed by atoms with Crippen LogP contribution in [0.2, 0.25) is 0 Å². The van der Waals surface area contributed by atoms with E-state index < -0.39 is 5.97 Å². The van der Waals surface area contributed by atoms with Gasteiger partial charge in [0, 0.05) is 45.1 Å². The molecule has 1 saturated heterocycles. The number of rotatable bonds is 5. The zero-order valence-electron chi connectivity index (χ0n) is 16.9. The van der Waals surface area contributed by atoms with Crippen molar-refractivity contribution in [2.45, 2.75) is 50.7 Å². The van der Waals surface area contributed by atoms with Crippen LogP contribution in [0.25, 0.3) is 0 Å². The molecule has 1 aromatic rings. The molecule has 2 amide bonds. The number of aromatic nitrogens is 2. The number of carboxylic acids is 1. The Morgan fingerprint density at radius 2 is 1.86 bits per heavy atom. The van der Waals surface area contributed by atoms with Crippen molar-refractivity contribution in [3.63, 3.8) is 0 Å². The van der Waals surface area contributed by atoms with Crippen LogP contribution in [0.15, 0.2) is 6.20 Å². The standard InChI is InChI=1S/C20H29N5O4/c1-23-8-6-16-17(7-9-23)22-18(12-21-16)25-11-10-24(20(25)28)14-2-4-15(5-3-14)29-13-19(26)27/h12,14-15H,2-11,13H2,1H3,(H,26,27). The van der Waals surface area contributed by atoms with Gasteiger partial charge in [0.05, 0.1) is 23.7 Å². The van der Waals surface area contributed by atoms with E-state index in [1.807, 2.05) is 4.90 Å². The maximum absolute atomic E-state index is 13.1. The molecule has 1 aliphatic carbocycles. The van der Waals surface area contributed by atoms with Crippen LogP contribution in [0.1, 0.15) is 37.1 Å². The van der Waals surface area contributed by atoms with Gasteiger partial charge in [-0.3, -0.25) is 9.88 Å². The van der Waals surface area contributed by atoms with E-state index in [-0.39, 0.29) is 24.8 Å². The minimum Gasteiger partial charge on any atom is -0.480 e. The number of ether oxygens (including phenoxy) is 1. The number of anilines is 1. The number of hydrogen-bond donors (Lipinski definition) is 1. The highest BCUT2D eigenvalue weighted by Crippen LogP contribution is 2.29. The highest BCUT2D eigenvalue weighted by molar-refractivity contribution is 5.93. The van der Waals surface area contributed by atoms with Crippen LogP contribution < -0.4 is 4.90 Å². The maximum Gasteiger partial charge on any atom is 0.329 e. The summed E-state index contributed by atoms with van der Waals surface area (Å²) in [7, 11) is 2.11. The lowest BCUT2D eigenvalue weighted by atomic mass is 9.92. The smallest absolute Gasteiger partial charge is 0.329 e. The highest BCUT2D eigenvalue weighted by atomic mass is 16.5. The number of carbonyl (C=O) groups excluding carboxylic acids is 1. The Morgan fingerprint density at radius 3 is 2.59 bits per heavy atom. The lowest BCUT2D eigenvalue weighted by Crippen LogP contribution is -2.42. The Labute approximate surface area is 170 Å². The molecule has 0 spiro atoms. The van der Waals surface area contributed by atoms with Crippen LogP contribution in [-0.4, -0.2) is 88.9 Å². The first-order valence-electron chi connectivity index (χ1n) is 10.5. The van der Waals surface area contributed by atoms with Crippen LogP contribution >= 0.6 is 0 Å². The first kappa shape index (κ1) is 20.0.